The highest BCUT2D eigenvalue weighted by Crippen LogP contribution is 2.45. The molecule has 258 valence electrons. The summed E-state index contributed by atoms with van der Waals surface area (Å²) in [6, 6.07) is 9.20. The summed E-state index contributed by atoms with van der Waals surface area (Å²) in [5.74, 6) is 0.207. The van der Waals surface area contributed by atoms with Crippen LogP contribution in [-0.2, 0) is 16.6 Å². The molecule has 14 nitrogen and oxygen atoms in total. The van der Waals surface area contributed by atoms with Crippen LogP contribution in [0, 0.1) is 0 Å². The summed E-state index contributed by atoms with van der Waals surface area (Å²) in [6.45, 7) is 0. The Morgan fingerprint density at radius 2 is 1.52 bits per heavy atom. The van der Waals surface area contributed by atoms with E-state index in [9.17, 15) is 24.0 Å². The number of rotatable bonds is 9. The van der Waals surface area contributed by atoms with Gasteiger partial charge in [-0.3, -0.25) is 34.2 Å². The maximum atomic E-state index is 13.2. The highest BCUT2D eigenvalue weighted by atomic mass is 16.6. The third kappa shape index (κ3) is 5.55. The van der Waals surface area contributed by atoms with Crippen molar-refractivity contribution >= 4 is 40.2 Å². The Morgan fingerprint density at radius 3 is 2.18 bits per heavy atom. The van der Waals surface area contributed by atoms with Gasteiger partial charge in [0.1, 0.15) is 29.8 Å². The maximum Gasteiger partial charge on any atom is 0.262 e. The number of benzene rings is 2. The lowest BCUT2D eigenvalue weighted by molar-refractivity contribution is -0.136. The second kappa shape index (κ2) is 12.5. The summed E-state index contributed by atoms with van der Waals surface area (Å²) in [6.07, 6.45) is 4.13. The fourth-order valence-corrected chi connectivity index (χ4v) is 6.57. The van der Waals surface area contributed by atoms with E-state index in [1.54, 1.807) is 39.7 Å². The van der Waals surface area contributed by atoms with Gasteiger partial charge in [0.15, 0.2) is 11.5 Å². The Morgan fingerprint density at radius 1 is 0.840 bits per heavy atom. The number of hydrogen-bond acceptors (Lipinski definition) is 11. The summed E-state index contributed by atoms with van der Waals surface area (Å²) >= 11 is 0. The molecule has 2 aromatic heterocycles. The lowest BCUT2D eigenvalue weighted by atomic mass is 9.91. The van der Waals surface area contributed by atoms with Crippen molar-refractivity contribution < 1.29 is 38.1 Å². The van der Waals surface area contributed by atoms with E-state index in [4.69, 9.17) is 18.9 Å². The maximum absolute atomic E-state index is 13.2. The third-order valence-corrected chi connectivity index (χ3v) is 9.33. The summed E-state index contributed by atoms with van der Waals surface area (Å²) in [7, 11) is 8.56. The normalized spacial score (nSPS) is 19.9. The van der Waals surface area contributed by atoms with Crippen molar-refractivity contribution in [3.8, 4) is 34.1 Å². The van der Waals surface area contributed by atoms with E-state index in [1.165, 1.54) is 16.7 Å². The lowest BCUT2D eigenvalue weighted by Crippen LogP contribution is -2.54. The zero-order valence-corrected chi connectivity index (χ0v) is 28.1. The Balaban J connectivity index is 1.07. The number of anilines is 1. The van der Waals surface area contributed by atoms with Gasteiger partial charge in [-0.1, -0.05) is 0 Å². The standard InChI is InChI=1S/C36H35N5O9/c1-39(2)30-15-23-25(16-37-30)34(44)40(3)17-26(23)18-10-28(47-4)32(29(11-18)48-5)50-21-12-20(13-21)49-19-6-7-22-24(14-19)36(46)41(35(22)45)27-8-9-31(42)38-33(27)43/h6-7,10-11,14-17,20-21,27H,8-9,12-13H2,1-5H3,(H,38,42,43). The molecule has 4 aromatic rings. The van der Waals surface area contributed by atoms with Crippen molar-refractivity contribution in [2.45, 2.75) is 43.9 Å². The first-order valence-electron chi connectivity index (χ1n) is 16.1. The number of fused-ring (bicyclic) bond motifs is 2. The number of nitrogens with one attached hydrogen (secondary N) is 1. The zero-order valence-electron chi connectivity index (χ0n) is 28.1. The number of aromatic nitrogens is 2. The van der Waals surface area contributed by atoms with Crippen molar-refractivity contribution in [1.29, 1.82) is 0 Å². The van der Waals surface area contributed by atoms with Gasteiger partial charge < -0.3 is 28.4 Å². The Bertz CT molecular complexity index is 2130. The van der Waals surface area contributed by atoms with Gasteiger partial charge in [0.05, 0.1) is 30.7 Å². The van der Waals surface area contributed by atoms with Crippen molar-refractivity contribution in [2.75, 3.05) is 33.2 Å². The van der Waals surface area contributed by atoms with E-state index in [1.807, 2.05) is 37.2 Å². The van der Waals surface area contributed by atoms with Crippen LogP contribution < -0.4 is 34.7 Å². The van der Waals surface area contributed by atoms with Crippen LogP contribution >= 0.6 is 0 Å². The van der Waals surface area contributed by atoms with Crippen LogP contribution in [-0.4, -0.2) is 84.6 Å². The molecule has 4 heterocycles. The van der Waals surface area contributed by atoms with Crippen LogP contribution in [0.2, 0.25) is 0 Å². The first kappa shape index (κ1) is 32.6. The summed E-state index contributed by atoms with van der Waals surface area (Å²) in [5, 5.41) is 3.42. The lowest BCUT2D eigenvalue weighted by Gasteiger charge is -2.36. The fourth-order valence-electron chi connectivity index (χ4n) is 6.57. The predicted molar refractivity (Wildman–Crippen MR) is 181 cm³/mol. The average molecular weight is 682 g/mol. The van der Waals surface area contributed by atoms with Gasteiger partial charge in [-0.15, -0.1) is 0 Å². The number of hydrogen-bond donors (Lipinski definition) is 1. The Labute approximate surface area is 286 Å². The van der Waals surface area contributed by atoms with Gasteiger partial charge in [0, 0.05) is 63.7 Å². The van der Waals surface area contributed by atoms with E-state index in [0.717, 1.165) is 21.4 Å². The number of carbonyl (C=O) groups is 4. The van der Waals surface area contributed by atoms with Crippen LogP contribution in [0.3, 0.4) is 0 Å². The molecular formula is C36H35N5O9. The largest absolute Gasteiger partial charge is 0.493 e. The summed E-state index contributed by atoms with van der Waals surface area (Å²) in [5.41, 5.74) is 1.74. The second-order valence-electron chi connectivity index (χ2n) is 12.8. The summed E-state index contributed by atoms with van der Waals surface area (Å²) in [4.78, 5) is 70.3. The van der Waals surface area contributed by atoms with Gasteiger partial charge in [0.25, 0.3) is 17.4 Å². The number of amides is 4. The predicted octanol–water partition coefficient (Wildman–Crippen LogP) is 3.07. The molecular weight excluding hydrogens is 646 g/mol. The molecule has 7 rings (SSSR count). The number of ether oxygens (including phenoxy) is 4. The molecule has 0 bridgehead atoms. The molecule has 4 amide bonds. The van der Waals surface area contributed by atoms with Crippen molar-refractivity contribution in [2.24, 2.45) is 7.05 Å². The van der Waals surface area contributed by atoms with Gasteiger partial charge >= 0.3 is 0 Å². The highest BCUT2D eigenvalue weighted by Gasteiger charge is 2.45. The van der Waals surface area contributed by atoms with Crippen LogP contribution in [0.25, 0.3) is 21.9 Å². The van der Waals surface area contributed by atoms with Crippen LogP contribution in [0.5, 0.6) is 23.0 Å². The summed E-state index contributed by atoms with van der Waals surface area (Å²) < 4.78 is 25.6. The van der Waals surface area contributed by atoms with E-state index < -0.39 is 29.7 Å². The molecule has 1 N–H and O–H groups in total. The van der Waals surface area contributed by atoms with Crippen LogP contribution in [0.1, 0.15) is 46.4 Å². The number of nitrogens with zero attached hydrogens (tertiary/aromatic N) is 4. The van der Waals surface area contributed by atoms with Gasteiger partial charge in [0.2, 0.25) is 17.6 Å². The average Bonchev–Trinajstić information content (AvgIpc) is 3.33. The molecule has 50 heavy (non-hydrogen) atoms. The molecule has 1 atom stereocenters. The molecule has 1 saturated carbocycles. The monoisotopic (exact) mass is 681 g/mol. The Hall–Kier alpha value is -5.92. The third-order valence-electron chi connectivity index (χ3n) is 9.33. The first-order valence-corrected chi connectivity index (χ1v) is 16.1. The van der Waals surface area contributed by atoms with Crippen LogP contribution in [0.15, 0.2) is 53.6 Å². The van der Waals surface area contributed by atoms with E-state index in [-0.39, 0.29) is 41.7 Å². The number of methoxy groups -OCH3 is 2. The van der Waals surface area contributed by atoms with E-state index in [2.05, 4.69) is 10.3 Å². The quantitative estimate of drug-likeness (QED) is 0.259. The molecule has 3 aliphatic rings. The minimum absolute atomic E-state index is 0.0487. The highest BCUT2D eigenvalue weighted by molar-refractivity contribution is 6.23. The molecule has 2 fully saturated rings. The van der Waals surface area contributed by atoms with Crippen molar-refractivity contribution in [3.63, 3.8) is 0 Å². The molecule has 0 radical (unpaired) electrons. The molecule has 1 unspecified atom stereocenters. The molecule has 2 aromatic carbocycles. The van der Waals surface area contributed by atoms with E-state index in [0.29, 0.717) is 47.0 Å². The second-order valence-corrected chi connectivity index (χ2v) is 12.8. The zero-order chi connectivity index (χ0) is 35.4. The number of pyridine rings is 2. The minimum atomic E-state index is -1.04. The fraction of sp³-hybridized carbons (Fsp3) is 0.333. The molecule has 0 spiro atoms. The topological polar surface area (TPSA) is 159 Å². The Kier molecular flexibility index (Phi) is 8.16. The van der Waals surface area contributed by atoms with Gasteiger partial charge in [-0.2, -0.15) is 0 Å². The van der Waals surface area contributed by atoms with Gasteiger partial charge in [-0.05, 0) is 48.4 Å². The SMILES string of the molecule is COc1cc(-c2cn(C)c(=O)c3cnc(N(C)C)cc23)cc(OC)c1OC1CC(Oc2ccc3c(c2)C(=O)N(C2CCC(=O)NC2=O)C3=O)C1. The number of carbonyl (C=O) groups excluding carboxylic acids is 4. The molecule has 1 saturated heterocycles. The smallest absolute Gasteiger partial charge is 0.262 e. The van der Waals surface area contributed by atoms with Crippen LogP contribution in [0.4, 0.5) is 5.82 Å². The molecule has 1 aliphatic carbocycles. The number of imide groups is 2. The molecule has 14 heteroatoms. The first-order chi connectivity index (χ1) is 24.0. The minimum Gasteiger partial charge on any atom is -0.493 e. The van der Waals surface area contributed by atoms with Gasteiger partial charge in [-0.25, -0.2) is 4.98 Å². The van der Waals surface area contributed by atoms with Crippen molar-refractivity contribution in [1.82, 2.24) is 19.8 Å². The van der Waals surface area contributed by atoms with Crippen molar-refractivity contribution in [3.05, 3.63) is 70.3 Å². The van der Waals surface area contributed by atoms with E-state index >= 15 is 0 Å². The molecule has 2 aliphatic heterocycles. The number of aryl methyl sites for hydroxylation is 1. The number of piperidine rings is 1.